The minimum Gasteiger partial charge on any atom is -0.361 e. The number of imide groups is 1. The molecule has 2 aliphatic heterocycles. The molecule has 1 N–H and O–H groups in total. The van der Waals surface area contributed by atoms with Gasteiger partial charge in [0.25, 0.3) is 11.8 Å². The van der Waals surface area contributed by atoms with Crippen molar-refractivity contribution in [2.45, 2.75) is 19.3 Å². The van der Waals surface area contributed by atoms with Gasteiger partial charge in [0.1, 0.15) is 5.70 Å². The molecule has 34 heavy (non-hydrogen) atoms. The molecule has 0 saturated heterocycles. The second-order valence-corrected chi connectivity index (χ2v) is 8.84. The molecular formula is C29H25N3O2. The highest BCUT2D eigenvalue weighted by Crippen LogP contribution is 2.38. The van der Waals surface area contributed by atoms with Gasteiger partial charge in [0.05, 0.1) is 5.57 Å². The average Bonchev–Trinajstić information content (AvgIpc) is 3.41. The standard InChI is InChI=1S/C29H25N3O2/c33-28-26(21-10-2-1-3-11-21)27(31-17-8-12-20-9-4-7-15-25(20)31)29(34)32(28)18-16-22-19-30-24-14-6-5-13-23(22)24/h1-7,9-11,13-15,19,30H,8,12,16-18H2. The van der Waals surface area contributed by atoms with Crippen LogP contribution < -0.4 is 4.90 Å². The van der Waals surface area contributed by atoms with Crippen LogP contribution >= 0.6 is 0 Å². The molecule has 0 saturated carbocycles. The second kappa shape index (κ2) is 8.34. The number of para-hydroxylation sites is 2. The number of nitrogens with zero attached hydrogens (tertiary/aromatic N) is 2. The number of nitrogens with one attached hydrogen (secondary N) is 1. The van der Waals surface area contributed by atoms with Gasteiger partial charge >= 0.3 is 0 Å². The van der Waals surface area contributed by atoms with E-state index in [0.29, 0.717) is 24.2 Å². The Morgan fingerprint density at radius 3 is 2.47 bits per heavy atom. The van der Waals surface area contributed by atoms with Gasteiger partial charge in [-0.3, -0.25) is 14.5 Å². The Balaban J connectivity index is 1.38. The first-order valence-corrected chi connectivity index (χ1v) is 11.8. The number of aromatic amines is 1. The Labute approximate surface area is 198 Å². The lowest BCUT2D eigenvalue weighted by Crippen LogP contribution is -2.38. The maximum atomic E-state index is 13.8. The van der Waals surface area contributed by atoms with Gasteiger partial charge in [-0.2, -0.15) is 0 Å². The number of amides is 2. The van der Waals surface area contributed by atoms with Crippen molar-refractivity contribution in [2.75, 3.05) is 18.0 Å². The largest absolute Gasteiger partial charge is 0.361 e. The number of benzene rings is 3. The molecule has 2 amide bonds. The van der Waals surface area contributed by atoms with Crippen molar-refractivity contribution < 1.29 is 9.59 Å². The number of carbonyl (C=O) groups is 2. The maximum absolute atomic E-state index is 13.8. The van der Waals surface area contributed by atoms with Crippen LogP contribution in [0.3, 0.4) is 0 Å². The number of fused-ring (bicyclic) bond motifs is 2. The Kier molecular flexibility index (Phi) is 5.02. The maximum Gasteiger partial charge on any atom is 0.278 e. The van der Waals surface area contributed by atoms with Crippen molar-refractivity contribution in [3.63, 3.8) is 0 Å². The van der Waals surface area contributed by atoms with E-state index in [9.17, 15) is 9.59 Å². The van der Waals surface area contributed by atoms with Gasteiger partial charge in [-0.1, -0.05) is 66.7 Å². The minimum absolute atomic E-state index is 0.208. The van der Waals surface area contributed by atoms with Crippen LogP contribution in [-0.4, -0.2) is 34.8 Å². The summed E-state index contributed by atoms with van der Waals surface area (Å²) in [4.78, 5) is 34.3. The lowest BCUT2D eigenvalue weighted by atomic mass is 9.98. The molecular weight excluding hydrogens is 422 g/mol. The van der Waals surface area contributed by atoms with Crippen molar-refractivity contribution in [3.05, 3.63) is 107 Å². The van der Waals surface area contributed by atoms with Crippen LogP contribution in [-0.2, 0) is 22.4 Å². The third-order valence-corrected chi connectivity index (χ3v) is 6.87. The first-order valence-electron chi connectivity index (χ1n) is 11.8. The minimum atomic E-state index is -0.214. The SMILES string of the molecule is O=C1C(c2ccccc2)=C(N2CCCc3ccccc32)C(=O)N1CCc1c[nH]c2ccccc12. The molecule has 3 heterocycles. The zero-order chi connectivity index (χ0) is 23.1. The molecule has 1 aromatic heterocycles. The Hall–Kier alpha value is -4.12. The van der Waals surface area contributed by atoms with E-state index in [-0.39, 0.29) is 11.8 Å². The molecule has 0 fully saturated rings. The summed E-state index contributed by atoms with van der Waals surface area (Å²) in [5.41, 5.74) is 6.19. The molecule has 4 aromatic rings. The summed E-state index contributed by atoms with van der Waals surface area (Å²) in [6.07, 6.45) is 4.50. The molecule has 6 rings (SSSR count). The Morgan fingerprint density at radius 1 is 0.824 bits per heavy atom. The third kappa shape index (κ3) is 3.32. The van der Waals surface area contributed by atoms with Gasteiger partial charge < -0.3 is 9.88 Å². The van der Waals surface area contributed by atoms with Crippen LogP contribution in [0.25, 0.3) is 16.5 Å². The molecule has 0 bridgehead atoms. The van der Waals surface area contributed by atoms with E-state index in [0.717, 1.165) is 47.1 Å². The summed E-state index contributed by atoms with van der Waals surface area (Å²) in [6.45, 7) is 1.06. The van der Waals surface area contributed by atoms with E-state index in [2.05, 4.69) is 28.1 Å². The summed E-state index contributed by atoms with van der Waals surface area (Å²) < 4.78 is 0. The van der Waals surface area contributed by atoms with Crippen molar-refractivity contribution in [1.29, 1.82) is 0 Å². The van der Waals surface area contributed by atoms with Crippen LogP contribution in [0.1, 0.15) is 23.1 Å². The number of anilines is 1. The van der Waals surface area contributed by atoms with E-state index in [1.165, 1.54) is 10.5 Å². The summed E-state index contributed by atoms with van der Waals surface area (Å²) in [7, 11) is 0. The van der Waals surface area contributed by atoms with Gasteiger partial charge in [-0.15, -0.1) is 0 Å². The zero-order valence-corrected chi connectivity index (χ0v) is 18.8. The predicted octanol–water partition coefficient (Wildman–Crippen LogP) is 4.94. The van der Waals surface area contributed by atoms with Gasteiger partial charge in [-0.05, 0) is 48.1 Å². The normalized spacial score (nSPS) is 16.0. The Bertz CT molecular complexity index is 1430. The van der Waals surface area contributed by atoms with E-state index >= 15 is 0 Å². The smallest absolute Gasteiger partial charge is 0.278 e. The average molecular weight is 448 g/mol. The van der Waals surface area contributed by atoms with E-state index < -0.39 is 0 Å². The highest BCUT2D eigenvalue weighted by atomic mass is 16.2. The van der Waals surface area contributed by atoms with Crippen molar-refractivity contribution in [3.8, 4) is 0 Å². The number of hydrogen-bond acceptors (Lipinski definition) is 3. The number of aromatic nitrogens is 1. The number of aryl methyl sites for hydroxylation is 1. The third-order valence-electron chi connectivity index (χ3n) is 6.87. The molecule has 0 unspecified atom stereocenters. The molecule has 168 valence electrons. The zero-order valence-electron chi connectivity index (χ0n) is 18.8. The fourth-order valence-corrected chi connectivity index (χ4v) is 5.22. The van der Waals surface area contributed by atoms with E-state index in [1.54, 1.807) is 0 Å². The molecule has 2 aliphatic rings. The molecule has 5 heteroatoms. The number of H-pyrrole nitrogens is 1. The molecule has 3 aromatic carbocycles. The van der Waals surface area contributed by atoms with E-state index in [4.69, 9.17) is 0 Å². The first kappa shape index (κ1) is 20.5. The first-order chi connectivity index (χ1) is 16.7. The van der Waals surface area contributed by atoms with Crippen LogP contribution in [0.5, 0.6) is 0 Å². The molecule has 5 nitrogen and oxygen atoms in total. The second-order valence-electron chi connectivity index (χ2n) is 8.84. The lowest BCUT2D eigenvalue weighted by Gasteiger charge is -2.32. The van der Waals surface area contributed by atoms with E-state index in [1.807, 2.05) is 66.9 Å². The van der Waals surface area contributed by atoms with Crippen molar-refractivity contribution >= 4 is 34.0 Å². The van der Waals surface area contributed by atoms with Crippen molar-refractivity contribution in [1.82, 2.24) is 9.88 Å². The van der Waals surface area contributed by atoms with Crippen LogP contribution in [0, 0.1) is 0 Å². The summed E-state index contributed by atoms with van der Waals surface area (Å²) in [6, 6.07) is 25.9. The van der Waals surface area contributed by atoms with Crippen LogP contribution in [0.15, 0.2) is 90.8 Å². The highest BCUT2D eigenvalue weighted by Gasteiger charge is 2.42. The fourth-order valence-electron chi connectivity index (χ4n) is 5.22. The van der Waals surface area contributed by atoms with Crippen LogP contribution in [0.2, 0.25) is 0 Å². The topological polar surface area (TPSA) is 56.4 Å². The summed E-state index contributed by atoms with van der Waals surface area (Å²) in [5, 5.41) is 1.13. The quantitative estimate of drug-likeness (QED) is 0.441. The monoisotopic (exact) mass is 447 g/mol. The van der Waals surface area contributed by atoms with Gasteiger partial charge in [0.15, 0.2) is 0 Å². The van der Waals surface area contributed by atoms with Crippen LogP contribution in [0.4, 0.5) is 5.69 Å². The summed E-state index contributed by atoms with van der Waals surface area (Å²) in [5.74, 6) is -0.422. The highest BCUT2D eigenvalue weighted by molar-refractivity contribution is 6.36. The molecule has 0 atom stereocenters. The predicted molar refractivity (Wildman–Crippen MR) is 134 cm³/mol. The molecule has 0 spiro atoms. The Morgan fingerprint density at radius 2 is 1.59 bits per heavy atom. The van der Waals surface area contributed by atoms with Gasteiger partial charge in [-0.25, -0.2) is 0 Å². The fraction of sp³-hybridized carbons (Fsp3) is 0.172. The number of hydrogen-bond donors (Lipinski definition) is 1. The summed E-state index contributed by atoms with van der Waals surface area (Å²) >= 11 is 0. The van der Waals surface area contributed by atoms with Gasteiger partial charge in [0, 0.05) is 35.9 Å². The molecule has 0 radical (unpaired) electrons. The van der Waals surface area contributed by atoms with Gasteiger partial charge in [0.2, 0.25) is 0 Å². The number of rotatable bonds is 5. The number of carbonyl (C=O) groups excluding carboxylic acids is 2. The lowest BCUT2D eigenvalue weighted by molar-refractivity contribution is -0.136. The molecule has 0 aliphatic carbocycles. The van der Waals surface area contributed by atoms with Crippen molar-refractivity contribution in [2.24, 2.45) is 0 Å².